The Hall–Kier alpha value is -3.15. The van der Waals surface area contributed by atoms with Crippen LogP contribution in [0.1, 0.15) is 30.0 Å². The van der Waals surface area contributed by atoms with Crippen molar-refractivity contribution in [1.29, 1.82) is 0 Å². The maximum Gasteiger partial charge on any atom is 0.247 e. The fraction of sp³-hybridized carbons (Fsp3) is 0.348. The molecule has 6 nitrogen and oxygen atoms in total. The van der Waals surface area contributed by atoms with Gasteiger partial charge < -0.3 is 23.8 Å². The van der Waals surface area contributed by atoms with Crippen molar-refractivity contribution >= 4 is 12.0 Å². The monoisotopic (exact) mass is 397 g/mol. The van der Waals surface area contributed by atoms with E-state index in [0.717, 1.165) is 35.5 Å². The van der Waals surface area contributed by atoms with Crippen molar-refractivity contribution in [3.63, 3.8) is 0 Å². The van der Waals surface area contributed by atoms with E-state index in [0.29, 0.717) is 18.0 Å². The molecule has 0 radical (unpaired) electrons. The second-order valence-electron chi connectivity index (χ2n) is 6.74. The SMILES string of the molecule is COc1ccc(/C=C/C(=O)N2CCCC2c2cc(OC)ccc2OC)c(OC)c1. The van der Waals surface area contributed by atoms with E-state index < -0.39 is 0 Å². The summed E-state index contributed by atoms with van der Waals surface area (Å²) in [5.74, 6) is 2.82. The Kier molecular flexibility index (Phi) is 6.65. The van der Waals surface area contributed by atoms with Gasteiger partial charge in [-0.25, -0.2) is 0 Å². The molecule has 1 aliphatic heterocycles. The van der Waals surface area contributed by atoms with E-state index >= 15 is 0 Å². The molecule has 1 fully saturated rings. The highest BCUT2D eigenvalue weighted by Gasteiger charge is 2.31. The predicted molar refractivity (Wildman–Crippen MR) is 112 cm³/mol. The van der Waals surface area contributed by atoms with Gasteiger partial charge in [0.1, 0.15) is 23.0 Å². The Balaban J connectivity index is 1.83. The molecule has 1 unspecified atom stereocenters. The number of amides is 1. The van der Waals surface area contributed by atoms with Crippen molar-refractivity contribution in [1.82, 2.24) is 4.90 Å². The minimum atomic E-state index is -0.0463. The van der Waals surface area contributed by atoms with Gasteiger partial charge in [0, 0.05) is 29.8 Å². The molecule has 1 aliphatic rings. The maximum atomic E-state index is 13.0. The minimum absolute atomic E-state index is 0.0461. The van der Waals surface area contributed by atoms with Crippen LogP contribution < -0.4 is 18.9 Å². The fourth-order valence-electron chi connectivity index (χ4n) is 3.67. The summed E-state index contributed by atoms with van der Waals surface area (Å²) in [6.45, 7) is 0.702. The van der Waals surface area contributed by atoms with Gasteiger partial charge in [-0.05, 0) is 49.2 Å². The summed E-state index contributed by atoms with van der Waals surface area (Å²) in [5.41, 5.74) is 1.78. The summed E-state index contributed by atoms with van der Waals surface area (Å²) in [5, 5.41) is 0. The lowest BCUT2D eigenvalue weighted by Crippen LogP contribution is -2.29. The van der Waals surface area contributed by atoms with Gasteiger partial charge in [0.25, 0.3) is 0 Å². The average molecular weight is 397 g/mol. The summed E-state index contributed by atoms with van der Waals surface area (Å²) in [7, 11) is 6.48. The number of hydrogen-bond donors (Lipinski definition) is 0. The largest absolute Gasteiger partial charge is 0.497 e. The van der Waals surface area contributed by atoms with Gasteiger partial charge in [-0.3, -0.25) is 4.79 Å². The molecule has 0 aromatic heterocycles. The van der Waals surface area contributed by atoms with Crippen LogP contribution in [0.25, 0.3) is 6.08 Å². The minimum Gasteiger partial charge on any atom is -0.497 e. The molecular formula is C23H27NO5. The number of likely N-dealkylation sites (tertiary alicyclic amines) is 1. The number of ether oxygens (including phenoxy) is 4. The smallest absolute Gasteiger partial charge is 0.247 e. The van der Waals surface area contributed by atoms with E-state index in [-0.39, 0.29) is 11.9 Å². The summed E-state index contributed by atoms with van der Waals surface area (Å²) in [4.78, 5) is 14.9. The van der Waals surface area contributed by atoms with E-state index in [4.69, 9.17) is 18.9 Å². The van der Waals surface area contributed by atoms with Crippen molar-refractivity contribution in [3.8, 4) is 23.0 Å². The Morgan fingerprint density at radius 3 is 2.31 bits per heavy atom. The van der Waals surface area contributed by atoms with Crippen LogP contribution >= 0.6 is 0 Å². The Labute approximate surface area is 171 Å². The lowest BCUT2D eigenvalue weighted by molar-refractivity contribution is -0.126. The second kappa shape index (κ2) is 9.37. The van der Waals surface area contributed by atoms with Crippen LogP contribution in [-0.2, 0) is 4.79 Å². The molecule has 1 heterocycles. The van der Waals surface area contributed by atoms with E-state index in [2.05, 4.69) is 0 Å². The van der Waals surface area contributed by atoms with Crippen LogP contribution in [0, 0.1) is 0 Å². The van der Waals surface area contributed by atoms with E-state index in [9.17, 15) is 4.79 Å². The normalized spacial score (nSPS) is 16.1. The Morgan fingerprint density at radius 2 is 1.62 bits per heavy atom. The molecule has 29 heavy (non-hydrogen) atoms. The number of methoxy groups -OCH3 is 4. The average Bonchev–Trinajstić information content (AvgIpc) is 3.26. The highest BCUT2D eigenvalue weighted by molar-refractivity contribution is 5.92. The van der Waals surface area contributed by atoms with Gasteiger partial charge in [0.15, 0.2) is 0 Å². The van der Waals surface area contributed by atoms with Crippen LogP contribution in [0.2, 0.25) is 0 Å². The van der Waals surface area contributed by atoms with E-state index in [1.165, 1.54) is 0 Å². The van der Waals surface area contributed by atoms with Crippen molar-refractivity contribution in [2.24, 2.45) is 0 Å². The first-order valence-electron chi connectivity index (χ1n) is 9.54. The fourth-order valence-corrected chi connectivity index (χ4v) is 3.67. The number of benzene rings is 2. The van der Waals surface area contributed by atoms with Crippen LogP contribution in [0.15, 0.2) is 42.5 Å². The molecule has 0 N–H and O–H groups in total. The summed E-state index contributed by atoms with van der Waals surface area (Å²) in [6, 6.07) is 11.2. The molecule has 0 saturated carbocycles. The van der Waals surface area contributed by atoms with Crippen LogP contribution in [0.4, 0.5) is 0 Å². The van der Waals surface area contributed by atoms with Crippen LogP contribution in [-0.4, -0.2) is 45.8 Å². The van der Waals surface area contributed by atoms with Crippen molar-refractivity contribution in [3.05, 3.63) is 53.6 Å². The molecule has 3 rings (SSSR count). The zero-order valence-electron chi connectivity index (χ0n) is 17.3. The summed E-state index contributed by atoms with van der Waals surface area (Å²) < 4.78 is 21.5. The lowest BCUT2D eigenvalue weighted by Gasteiger charge is -2.25. The highest BCUT2D eigenvalue weighted by Crippen LogP contribution is 2.39. The van der Waals surface area contributed by atoms with E-state index in [1.807, 2.05) is 35.2 Å². The van der Waals surface area contributed by atoms with Gasteiger partial charge >= 0.3 is 0 Å². The maximum absolute atomic E-state index is 13.0. The topological polar surface area (TPSA) is 57.2 Å². The third-order valence-electron chi connectivity index (χ3n) is 5.18. The molecule has 1 amide bonds. The quantitative estimate of drug-likeness (QED) is 0.659. The first kappa shape index (κ1) is 20.6. The molecule has 0 aliphatic carbocycles. The molecule has 2 aromatic carbocycles. The Bertz CT molecular complexity index is 893. The number of hydrogen-bond acceptors (Lipinski definition) is 5. The first-order chi connectivity index (χ1) is 14.1. The summed E-state index contributed by atoms with van der Waals surface area (Å²) >= 11 is 0. The summed E-state index contributed by atoms with van der Waals surface area (Å²) in [6.07, 6.45) is 5.19. The standard InChI is InChI=1S/C23H27NO5/c1-26-17-10-11-21(28-3)19(14-17)20-6-5-13-24(20)23(25)12-8-16-7-9-18(27-2)15-22(16)29-4/h7-12,14-15,20H,5-6,13H2,1-4H3/b12-8+. The third-order valence-corrected chi connectivity index (χ3v) is 5.18. The zero-order valence-corrected chi connectivity index (χ0v) is 17.3. The molecule has 2 aromatic rings. The Morgan fingerprint density at radius 1 is 0.931 bits per heavy atom. The third kappa shape index (κ3) is 4.47. The van der Waals surface area contributed by atoms with Crippen molar-refractivity contribution in [2.75, 3.05) is 35.0 Å². The predicted octanol–water partition coefficient (Wildman–Crippen LogP) is 4.10. The molecule has 0 spiro atoms. The van der Waals surface area contributed by atoms with E-state index in [1.54, 1.807) is 46.7 Å². The number of nitrogens with zero attached hydrogens (tertiary/aromatic N) is 1. The van der Waals surface area contributed by atoms with Crippen LogP contribution in [0.3, 0.4) is 0 Å². The first-order valence-corrected chi connectivity index (χ1v) is 9.54. The van der Waals surface area contributed by atoms with Gasteiger partial charge in [-0.2, -0.15) is 0 Å². The number of carbonyl (C=O) groups is 1. The highest BCUT2D eigenvalue weighted by atomic mass is 16.5. The molecule has 1 atom stereocenters. The molecule has 154 valence electrons. The number of rotatable bonds is 7. The molecular weight excluding hydrogens is 370 g/mol. The van der Waals surface area contributed by atoms with Gasteiger partial charge in [0.05, 0.1) is 34.5 Å². The van der Waals surface area contributed by atoms with Crippen LogP contribution in [0.5, 0.6) is 23.0 Å². The number of carbonyl (C=O) groups excluding carboxylic acids is 1. The van der Waals surface area contributed by atoms with Crippen molar-refractivity contribution in [2.45, 2.75) is 18.9 Å². The molecule has 1 saturated heterocycles. The second-order valence-corrected chi connectivity index (χ2v) is 6.74. The molecule has 0 bridgehead atoms. The van der Waals surface area contributed by atoms with Gasteiger partial charge in [-0.1, -0.05) is 0 Å². The lowest BCUT2D eigenvalue weighted by atomic mass is 10.0. The van der Waals surface area contributed by atoms with Gasteiger partial charge in [-0.15, -0.1) is 0 Å². The van der Waals surface area contributed by atoms with Gasteiger partial charge in [0.2, 0.25) is 5.91 Å². The van der Waals surface area contributed by atoms with Crippen molar-refractivity contribution < 1.29 is 23.7 Å². The molecule has 6 heteroatoms. The zero-order chi connectivity index (χ0) is 20.8.